The molecule has 0 spiro atoms. The number of hydrogen-bond acceptors (Lipinski definition) is 5. The number of nitrogens with one attached hydrogen (secondary N) is 1. The van der Waals surface area contributed by atoms with Crippen LogP contribution in [0.3, 0.4) is 0 Å². The topological polar surface area (TPSA) is 67.5 Å². The van der Waals surface area contributed by atoms with E-state index in [2.05, 4.69) is 16.3 Å². The average molecular weight is 395 g/mol. The van der Waals surface area contributed by atoms with Gasteiger partial charge in [-0.3, -0.25) is 0 Å². The van der Waals surface area contributed by atoms with Crippen molar-refractivity contribution in [3.8, 4) is 0 Å². The highest BCUT2D eigenvalue weighted by molar-refractivity contribution is 7.90. The van der Waals surface area contributed by atoms with E-state index in [9.17, 15) is 8.42 Å². The Morgan fingerprint density at radius 2 is 1.86 bits per heavy atom. The number of anilines is 1. The van der Waals surface area contributed by atoms with Crippen molar-refractivity contribution in [1.29, 1.82) is 0 Å². The second kappa shape index (κ2) is 6.68. The number of fused-ring (bicyclic) bond motifs is 2. The lowest BCUT2D eigenvalue weighted by Crippen LogP contribution is -2.27. The van der Waals surface area contributed by atoms with Gasteiger partial charge in [-0.25, -0.2) is 12.4 Å². The first-order valence-corrected chi connectivity index (χ1v) is 10.9. The van der Waals surface area contributed by atoms with Crippen LogP contribution in [0.2, 0.25) is 0 Å². The molecule has 1 N–H and O–H groups in total. The third-order valence-electron chi connectivity index (χ3n) is 5.33. The molecule has 0 atom stereocenters. The van der Waals surface area contributed by atoms with Gasteiger partial charge in [0.05, 0.1) is 16.7 Å². The van der Waals surface area contributed by atoms with Crippen LogP contribution in [0.25, 0.3) is 21.9 Å². The summed E-state index contributed by atoms with van der Waals surface area (Å²) in [4.78, 5) is 2.56. The van der Waals surface area contributed by atoms with Crippen molar-refractivity contribution in [3.63, 3.8) is 0 Å². The molecular formula is C21H21N3O3S. The normalized spacial score (nSPS) is 15.9. The summed E-state index contributed by atoms with van der Waals surface area (Å²) in [6.07, 6.45) is 4.27. The number of benzene rings is 2. The number of aromatic nitrogens is 1. The third kappa shape index (κ3) is 2.87. The van der Waals surface area contributed by atoms with E-state index in [0.29, 0.717) is 11.1 Å². The molecule has 28 heavy (non-hydrogen) atoms. The minimum absolute atomic E-state index is 0.253. The predicted molar refractivity (Wildman–Crippen MR) is 110 cm³/mol. The summed E-state index contributed by atoms with van der Waals surface area (Å²) in [6, 6.07) is 14.6. The molecule has 0 unspecified atom stereocenters. The molecular weight excluding hydrogens is 374 g/mol. The van der Waals surface area contributed by atoms with Gasteiger partial charge in [0.1, 0.15) is 5.58 Å². The van der Waals surface area contributed by atoms with Crippen molar-refractivity contribution in [2.75, 3.05) is 31.1 Å². The molecule has 1 aliphatic heterocycles. The van der Waals surface area contributed by atoms with Crippen molar-refractivity contribution in [3.05, 3.63) is 61.0 Å². The molecule has 0 saturated carbocycles. The van der Waals surface area contributed by atoms with Gasteiger partial charge < -0.3 is 14.6 Å². The number of nitrogens with zero attached hydrogens (tertiary/aromatic N) is 2. The number of hydrogen-bond donors (Lipinski definition) is 1. The first-order chi connectivity index (χ1) is 13.6. The zero-order valence-electron chi connectivity index (χ0n) is 15.3. The predicted octanol–water partition coefficient (Wildman–Crippen LogP) is 3.42. The minimum Gasteiger partial charge on any atom is -0.464 e. The summed E-state index contributed by atoms with van der Waals surface area (Å²) >= 11 is 0. The van der Waals surface area contributed by atoms with E-state index in [1.165, 1.54) is 3.97 Å². The van der Waals surface area contributed by atoms with Crippen molar-refractivity contribution >= 4 is 37.6 Å². The lowest BCUT2D eigenvalue weighted by molar-refractivity contribution is 0.589. The quantitative estimate of drug-likeness (QED) is 0.576. The van der Waals surface area contributed by atoms with Gasteiger partial charge in [-0.1, -0.05) is 6.07 Å². The van der Waals surface area contributed by atoms with Gasteiger partial charge in [0, 0.05) is 42.3 Å². The molecule has 4 aromatic rings. The lowest BCUT2D eigenvalue weighted by Gasteiger charge is -2.22. The van der Waals surface area contributed by atoms with Crippen LogP contribution in [0.4, 0.5) is 5.69 Å². The van der Waals surface area contributed by atoms with Gasteiger partial charge in [0.2, 0.25) is 0 Å². The molecule has 5 rings (SSSR count). The van der Waals surface area contributed by atoms with Crippen LogP contribution in [0.15, 0.2) is 70.3 Å². The fraction of sp³-hybridized carbons (Fsp3) is 0.238. The Hall–Kier alpha value is -2.77. The largest absolute Gasteiger partial charge is 0.464 e. The monoisotopic (exact) mass is 395 g/mol. The highest BCUT2D eigenvalue weighted by atomic mass is 32.2. The average Bonchev–Trinajstić information content (AvgIpc) is 3.26. The van der Waals surface area contributed by atoms with E-state index in [4.69, 9.17) is 4.42 Å². The maximum atomic E-state index is 13.3. The molecule has 0 radical (unpaired) electrons. The second-order valence-electron chi connectivity index (χ2n) is 7.07. The first kappa shape index (κ1) is 17.3. The van der Waals surface area contributed by atoms with Crippen LogP contribution in [0.5, 0.6) is 0 Å². The van der Waals surface area contributed by atoms with Crippen molar-refractivity contribution in [1.82, 2.24) is 9.29 Å². The molecule has 0 aliphatic carbocycles. The van der Waals surface area contributed by atoms with Gasteiger partial charge in [-0.15, -0.1) is 0 Å². The fourth-order valence-electron chi connectivity index (χ4n) is 3.82. The Morgan fingerprint density at radius 1 is 0.929 bits per heavy atom. The first-order valence-electron chi connectivity index (χ1n) is 9.42. The van der Waals surface area contributed by atoms with Crippen LogP contribution >= 0.6 is 0 Å². The summed E-state index contributed by atoms with van der Waals surface area (Å²) < 4.78 is 33.4. The van der Waals surface area contributed by atoms with Gasteiger partial charge >= 0.3 is 0 Å². The second-order valence-corrected chi connectivity index (χ2v) is 8.89. The SMILES string of the molecule is O=S(=O)(c1ccc2occc2c1)n1ccc2ccc(N3CCCNCC3)cc21. The number of furan rings is 1. The molecule has 0 amide bonds. The Bertz CT molecular complexity index is 1250. The molecule has 1 fully saturated rings. The zero-order valence-corrected chi connectivity index (χ0v) is 16.2. The standard InChI is InChI=1S/C21H21N3O3S/c25-28(26,19-4-5-21-17(14-19)7-13-27-21)24-11-6-16-2-3-18(15-20(16)24)23-10-1-8-22-9-12-23/h2-7,11,13-15,22H,1,8-10,12H2. The van der Waals surface area contributed by atoms with Crippen molar-refractivity contribution in [2.24, 2.45) is 0 Å². The summed E-state index contributed by atoms with van der Waals surface area (Å²) in [6.45, 7) is 3.82. The molecule has 2 aromatic heterocycles. The summed E-state index contributed by atoms with van der Waals surface area (Å²) in [5, 5.41) is 5.08. The smallest absolute Gasteiger partial charge is 0.268 e. The summed E-state index contributed by atoms with van der Waals surface area (Å²) in [5.41, 5.74) is 2.42. The van der Waals surface area contributed by atoms with Crippen LogP contribution in [-0.2, 0) is 10.0 Å². The lowest BCUT2D eigenvalue weighted by atomic mass is 10.2. The molecule has 3 heterocycles. The molecule has 144 valence electrons. The minimum atomic E-state index is -3.70. The summed E-state index contributed by atoms with van der Waals surface area (Å²) in [7, 11) is -3.70. The molecule has 1 saturated heterocycles. The molecule has 7 heteroatoms. The third-order valence-corrected chi connectivity index (χ3v) is 7.01. The Balaban J connectivity index is 1.60. The fourth-order valence-corrected chi connectivity index (χ4v) is 5.20. The van der Waals surface area contributed by atoms with E-state index in [0.717, 1.165) is 49.1 Å². The van der Waals surface area contributed by atoms with Crippen molar-refractivity contribution < 1.29 is 12.8 Å². The van der Waals surface area contributed by atoms with E-state index < -0.39 is 10.0 Å². The van der Waals surface area contributed by atoms with Crippen LogP contribution in [0, 0.1) is 0 Å². The maximum Gasteiger partial charge on any atom is 0.268 e. The highest BCUT2D eigenvalue weighted by Gasteiger charge is 2.20. The Morgan fingerprint density at radius 3 is 2.79 bits per heavy atom. The van der Waals surface area contributed by atoms with Gasteiger partial charge in [-0.05, 0) is 55.4 Å². The highest BCUT2D eigenvalue weighted by Crippen LogP contribution is 2.28. The molecule has 0 bridgehead atoms. The summed E-state index contributed by atoms with van der Waals surface area (Å²) in [5.74, 6) is 0. The van der Waals surface area contributed by atoms with Gasteiger partial charge in [0.15, 0.2) is 0 Å². The maximum absolute atomic E-state index is 13.3. The van der Waals surface area contributed by atoms with E-state index >= 15 is 0 Å². The molecule has 6 nitrogen and oxygen atoms in total. The zero-order chi connectivity index (χ0) is 19.1. The van der Waals surface area contributed by atoms with Crippen molar-refractivity contribution in [2.45, 2.75) is 11.3 Å². The number of rotatable bonds is 3. The Kier molecular flexibility index (Phi) is 4.14. The van der Waals surface area contributed by atoms with E-state index in [1.807, 2.05) is 18.2 Å². The van der Waals surface area contributed by atoms with Gasteiger partial charge in [0.25, 0.3) is 10.0 Å². The van der Waals surface area contributed by atoms with Crippen LogP contribution < -0.4 is 10.2 Å². The van der Waals surface area contributed by atoms with Gasteiger partial charge in [-0.2, -0.15) is 0 Å². The Labute approximate surface area is 163 Å². The van der Waals surface area contributed by atoms with E-state index in [1.54, 1.807) is 36.7 Å². The van der Waals surface area contributed by atoms with Crippen LogP contribution in [0.1, 0.15) is 6.42 Å². The van der Waals surface area contributed by atoms with E-state index in [-0.39, 0.29) is 4.90 Å². The van der Waals surface area contributed by atoms with Crippen LogP contribution in [-0.4, -0.2) is 38.6 Å². The molecule has 2 aromatic carbocycles. The molecule has 1 aliphatic rings.